The Kier molecular flexibility index (Phi) is 5.94. The number of rotatable bonds is 7. The van der Waals surface area contributed by atoms with Crippen LogP contribution in [0.25, 0.3) is 5.76 Å². The number of ether oxygens (including phenoxy) is 1. The van der Waals surface area contributed by atoms with Crippen molar-refractivity contribution in [1.29, 1.82) is 0 Å². The van der Waals surface area contributed by atoms with Crippen molar-refractivity contribution in [2.45, 2.75) is 19.4 Å². The molecule has 1 atom stereocenters. The Morgan fingerprint density at radius 1 is 1.14 bits per heavy atom. The summed E-state index contributed by atoms with van der Waals surface area (Å²) in [5.41, 5.74) is 1.30. The smallest absolute Gasteiger partial charge is 0.295 e. The minimum atomic E-state index is -0.695. The molecule has 0 saturated carbocycles. The van der Waals surface area contributed by atoms with E-state index in [9.17, 15) is 14.7 Å². The third-order valence-electron chi connectivity index (χ3n) is 4.58. The lowest BCUT2D eigenvalue weighted by Crippen LogP contribution is -2.29. The molecule has 1 N–H and O–H groups in total. The van der Waals surface area contributed by atoms with Crippen LogP contribution < -0.4 is 4.74 Å². The van der Waals surface area contributed by atoms with Crippen LogP contribution in [-0.2, 0) is 9.59 Å². The topological polar surface area (TPSA) is 66.8 Å². The molecule has 1 aliphatic heterocycles. The molecule has 1 amide bonds. The highest BCUT2D eigenvalue weighted by Crippen LogP contribution is 2.39. The summed E-state index contributed by atoms with van der Waals surface area (Å²) in [6.07, 6.45) is 2.46. The third-order valence-corrected chi connectivity index (χ3v) is 4.58. The molecule has 3 rings (SSSR count). The van der Waals surface area contributed by atoms with E-state index in [-0.39, 0.29) is 17.9 Å². The highest BCUT2D eigenvalue weighted by molar-refractivity contribution is 6.46. The van der Waals surface area contributed by atoms with Crippen molar-refractivity contribution in [3.8, 4) is 5.75 Å². The summed E-state index contributed by atoms with van der Waals surface area (Å²) in [5.74, 6) is -0.844. The number of nitrogens with zero attached hydrogens (tertiary/aromatic N) is 1. The Hall–Kier alpha value is -3.34. The Bertz CT molecular complexity index is 900. The molecule has 5 nitrogen and oxygen atoms in total. The van der Waals surface area contributed by atoms with Crippen LogP contribution in [0.5, 0.6) is 5.75 Å². The number of ketones is 1. The van der Waals surface area contributed by atoms with Crippen molar-refractivity contribution in [1.82, 2.24) is 4.90 Å². The van der Waals surface area contributed by atoms with Crippen LogP contribution in [0.4, 0.5) is 0 Å². The predicted octanol–water partition coefficient (Wildman–Crippen LogP) is 4.08. The van der Waals surface area contributed by atoms with Crippen molar-refractivity contribution in [2.75, 3.05) is 13.2 Å². The van der Waals surface area contributed by atoms with Crippen molar-refractivity contribution in [2.24, 2.45) is 0 Å². The molecule has 1 saturated heterocycles. The number of amides is 1. The van der Waals surface area contributed by atoms with Crippen LogP contribution in [0, 0.1) is 0 Å². The number of carbonyl (C=O) groups is 2. The Balaban J connectivity index is 2.06. The van der Waals surface area contributed by atoms with Crippen LogP contribution >= 0.6 is 0 Å². The molecule has 2 aromatic rings. The molecule has 0 aromatic heterocycles. The summed E-state index contributed by atoms with van der Waals surface area (Å²) in [4.78, 5) is 26.7. The van der Waals surface area contributed by atoms with E-state index in [1.54, 1.807) is 30.3 Å². The molecule has 5 heteroatoms. The van der Waals surface area contributed by atoms with Gasteiger partial charge in [-0.25, -0.2) is 0 Å². The Morgan fingerprint density at radius 2 is 1.82 bits per heavy atom. The van der Waals surface area contributed by atoms with E-state index in [0.717, 1.165) is 12.0 Å². The summed E-state index contributed by atoms with van der Waals surface area (Å²) in [7, 11) is 0. The van der Waals surface area contributed by atoms with Crippen molar-refractivity contribution in [3.05, 3.63) is 84.0 Å². The van der Waals surface area contributed by atoms with Gasteiger partial charge in [-0.2, -0.15) is 0 Å². The lowest BCUT2D eigenvalue weighted by molar-refractivity contribution is -0.139. The number of benzene rings is 2. The lowest BCUT2D eigenvalue weighted by Gasteiger charge is -2.24. The molecule has 0 radical (unpaired) electrons. The summed E-state index contributed by atoms with van der Waals surface area (Å²) >= 11 is 0. The van der Waals surface area contributed by atoms with E-state index in [2.05, 4.69) is 6.58 Å². The first kappa shape index (κ1) is 19.4. The van der Waals surface area contributed by atoms with Crippen LogP contribution in [-0.4, -0.2) is 34.8 Å². The van der Waals surface area contributed by atoms with Gasteiger partial charge in [0.05, 0.1) is 18.2 Å². The zero-order valence-corrected chi connectivity index (χ0v) is 15.8. The quantitative estimate of drug-likeness (QED) is 0.342. The van der Waals surface area contributed by atoms with Gasteiger partial charge in [0.15, 0.2) is 0 Å². The highest BCUT2D eigenvalue weighted by atomic mass is 16.5. The number of hydrogen-bond acceptors (Lipinski definition) is 4. The van der Waals surface area contributed by atoms with Gasteiger partial charge in [0.25, 0.3) is 11.7 Å². The number of carbonyl (C=O) groups excluding carboxylic acids is 2. The minimum absolute atomic E-state index is 0.0836. The van der Waals surface area contributed by atoms with Gasteiger partial charge in [-0.3, -0.25) is 9.59 Å². The van der Waals surface area contributed by atoms with E-state index in [0.29, 0.717) is 17.9 Å². The molecule has 1 fully saturated rings. The number of aliphatic hydroxyl groups is 1. The fourth-order valence-corrected chi connectivity index (χ4v) is 3.27. The first-order valence-electron chi connectivity index (χ1n) is 9.26. The molecule has 28 heavy (non-hydrogen) atoms. The zero-order valence-electron chi connectivity index (χ0n) is 15.8. The number of Topliss-reactive ketones (excluding diaryl/α,β-unsaturated/α-hetero) is 1. The monoisotopic (exact) mass is 377 g/mol. The van der Waals surface area contributed by atoms with E-state index >= 15 is 0 Å². The fourth-order valence-electron chi connectivity index (χ4n) is 3.27. The lowest BCUT2D eigenvalue weighted by atomic mass is 9.95. The third kappa shape index (κ3) is 3.69. The second-order valence-electron chi connectivity index (χ2n) is 6.52. The summed E-state index contributed by atoms with van der Waals surface area (Å²) < 4.78 is 5.55. The summed E-state index contributed by atoms with van der Waals surface area (Å²) in [6, 6.07) is 15.4. The van der Waals surface area contributed by atoms with Gasteiger partial charge in [-0.15, -0.1) is 6.58 Å². The van der Waals surface area contributed by atoms with E-state index < -0.39 is 17.7 Å². The normalized spacial score (nSPS) is 18.3. The molecule has 0 bridgehead atoms. The van der Waals surface area contributed by atoms with Crippen LogP contribution in [0.1, 0.15) is 30.5 Å². The average Bonchev–Trinajstić information content (AvgIpc) is 2.98. The summed E-state index contributed by atoms with van der Waals surface area (Å²) in [6.45, 7) is 6.51. The van der Waals surface area contributed by atoms with Crippen molar-refractivity contribution >= 4 is 17.4 Å². The Labute approximate surface area is 164 Å². The van der Waals surface area contributed by atoms with Gasteiger partial charge >= 0.3 is 0 Å². The first-order chi connectivity index (χ1) is 13.6. The molecule has 1 heterocycles. The second-order valence-corrected chi connectivity index (χ2v) is 6.52. The number of likely N-dealkylation sites (tertiary alicyclic amines) is 1. The molecule has 0 spiro atoms. The second kappa shape index (κ2) is 8.57. The molecular weight excluding hydrogens is 354 g/mol. The molecule has 2 aromatic carbocycles. The van der Waals surface area contributed by atoms with E-state index in [1.165, 1.54) is 4.90 Å². The largest absolute Gasteiger partial charge is 0.507 e. The predicted molar refractivity (Wildman–Crippen MR) is 108 cm³/mol. The SMILES string of the molecule is C=CCN1C(=O)C(=O)C(=C(O)c2ccc(OCCC)cc2)[C@H]1c1ccccc1. The van der Waals surface area contributed by atoms with Crippen molar-refractivity contribution in [3.63, 3.8) is 0 Å². The van der Waals surface area contributed by atoms with Crippen LogP contribution in [0.2, 0.25) is 0 Å². The molecule has 0 unspecified atom stereocenters. The first-order valence-corrected chi connectivity index (χ1v) is 9.26. The van der Waals surface area contributed by atoms with Crippen molar-refractivity contribution < 1.29 is 19.4 Å². The van der Waals surface area contributed by atoms with Crippen LogP contribution in [0.3, 0.4) is 0 Å². The van der Waals surface area contributed by atoms with Crippen LogP contribution in [0.15, 0.2) is 72.8 Å². The fraction of sp³-hybridized carbons (Fsp3) is 0.217. The average molecular weight is 377 g/mol. The van der Waals surface area contributed by atoms with Gasteiger partial charge in [0.2, 0.25) is 0 Å². The maximum absolute atomic E-state index is 12.7. The van der Waals surface area contributed by atoms with Gasteiger partial charge in [0.1, 0.15) is 11.5 Å². The van der Waals surface area contributed by atoms with Gasteiger partial charge in [0, 0.05) is 12.1 Å². The summed E-state index contributed by atoms with van der Waals surface area (Å²) in [5, 5.41) is 10.9. The number of hydrogen-bond donors (Lipinski definition) is 1. The van der Waals surface area contributed by atoms with E-state index in [1.807, 2.05) is 37.3 Å². The molecule has 1 aliphatic rings. The zero-order chi connectivity index (χ0) is 20.1. The van der Waals surface area contributed by atoms with Gasteiger partial charge < -0.3 is 14.7 Å². The highest BCUT2D eigenvalue weighted by Gasteiger charge is 2.45. The molecule has 0 aliphatic carbocycles. The maximum Gasteiger partial charge on any atom is 0.295 e. The standard InChI is InChI=1S/C23H23NO4/c1-3-14-24-20(16-8-6-5-7-9-16)19(22(26)23(24)27)21(25)17-10-12-18(13-11-17)28-15-4-2/h3,5-13,20,25H,1,4,14-15H2,2H3/t20-/m1/s1. The van der Waals surface area contributed by atoms with Gasteiger partial charge in [-0.05, 0) is 36.2 Å². The Morgan fingerprint density at radius 3 is 2.43 bits per heavy atom. The molecule has 144 valence electrons. The molecular formula is C23H23NO4. The maximum atomic E-state index is 12.7. The van der Waals surface area contributed by atoms with Gasteiger partial charge in [-0.1, -0.05) is 43.3 Å². The van der Waals surface area contributed by atoms with E-state index in [4.69, 9.17) is 4.74 Å². The minimum Gasteiger partial charge on any atom is -0.507 e. The number of aliphatic hydroxyl groups excluding tert-OH is 1.